The Morgan fingerprint density at radius 1 is 1.53 bits per heavy atom. The summed E-state index contributed by atoms with van der Waals surface area (Å²) < 4.78 is 42.1. The Labute approximate surface area is 119 Å². The van der Waals surface area contributed by atoms with Crippen LogP contribution in [-0.4, -0.2) is 18.6 Å². The lowest BCUT2D eigenvalue weighted by Crippen LogP contribution is -2.08. The largest absolute Gasteiger partial charge is 0.469 e. The van der Waals surface area contributed by atoms with E-state index in [4.69, 9.17) is 5.26 Å². The SMILES string of the molecule is COC(=O)Cc1c(Br)cc(C#N)cc1SC(F)(F)F. The van der Waals surface area contributed by atoms with Gasteiger partial charge in [0.25, 0.3) is 0 Å². The van der Waals surface area contributed by atoms with Crippen LogP contribution < -0.4 is 0 Å². The van der Waals surface area contributed by atoms with Gasteiger partial charge >= 0.3 is 11.5 Å². The van der Waals surface area contributed by atoms with Crippen LogP contribution in [0.25, 0.3) is 0 Å². The summed E-state index contributed by atoms with van der Waals surface area (Å²) in [7, 11) is 1.15. The number of alkyl halides is 3. The molecule has 0 spiro atoms. The van der Waals surface area contributed by atoms with Gasteiger partial charge in [-0.25, -0.2) is 0 Å². The molecular formula is C11H7BrF3NO2S. The number of hydrogen-bond donors (Lipinski definition) is 0. The van der Waals surface area contributed by atoms with E-state index in [1.54, 1.807) is 6.07 Å². The van der Waals surface area contributed by atoms with Gasteiger partial charge in [0.05, 0.1) is 25.2 Å². The van der Waals surface area contributed by atoms with Crippen LogP contribution >= 0.6 is 27.7 Å². The first kappa shape index (κ1) is 15.9. The van der Waals surface area contributed by atoms with E-state index in [0.717, 1.165) is 13.2 Å². The average molecular weight is 354 g/mol. The lowest BCUT2D eigenvalue weighted by molar-refractivity contribution is -0.139. The lowest BCUT2D eigenvalue weighted by atomic mass is 10.1. The van der Waals surface area contributed by atoms with E-state index >= 15 is 0 Å². The molecule has 0 radical (unpaired) electrons. The summed E-state index contributed by atoms with van der Waals surface area (Å²) in [6.07, 6.45) is -0.304. The molecule has 0 aliphatic rings. The fourth-order valence-electron chi connectivity index (χ4n) is 1.28. The lowest BCUT2D eigenvalue weighted by Gasteiger charge is -2.12. The molecule has 102 valence electrons. The van der Waals surface area contributed by atoms with Gasteiger partial charge in [-0.15, -0.1) is 0 Å². The van der Waals surface area contributed by atoms with Crippen molar-refractivity contribution in [2.24, 2.45) is 0 Å². The van der Waals surface area contributed by atoms with Crippen LogP contribution in [0.4, 0.5) is 13.2 Å². The van der Waals surface area contributed by atoms with Crippen molar-refractivity contribution >= 4 is 33.7 Å². The Kier molecular flexibility index (Phi) is 5.26. The number of ether oxygens (including phenoxy) is 1. The Bertz CT molecular complexity index is 540. The van der Waals surface area contributed by atoms with Gasteiger partial charge in [-0.2, -0.15) is 18.4 Å². The minimum Gasteiger partial charge on any atom is -0.469 e. The topological polar surface area (TPSA) is 50.1 Å². The number of nitriles is 1. The van der Waals surface area contributed by atoms with Gasteiger partial charge in [0.15, 0.2) is 0 Å². The summed E-state index contributed by atoms with van der Waals surface area (Å²) >= 11 is 2.70. The van der Waals surface area contributed by atoms with Crippen molar-refractivity contribution in [3.05, 3.63) is 27.7 Å². The van der Waals surface area contributed by atoms with Crippen LogP contribution in [0.5, 0.6) is 0 Å². The molecule has 0 fully saturated rings. The molecule has 0 atom stereocenters. The predicted octanol–water partition coefficient (Wildman–Crippen LogP) is 3.65. The molecule has 8 heteroatoms. The molecular weight excluding hydrogens is 347 g/mol. The van der Waals surface area contributed by atoms with Gasteiger partial charge in [-0.05, 0) is 29.5 Å². The first-order valence-corrected chi connectivity index (χ1v) is 6.43. The first-order chi connectivity index (χ1) is 8.76. The van der Waals surface area contributed by atoms with Gasteiger partial charge in [-0.3, -0.25) is 4.79 Å². The van der Waals surface area contributed by atoms with E-state index in [2.05, 4.69) is 20.7 Å². The van der Waals surface area contributed by atoms with Crippen LogP contribution in [0.3, 0.4) is 0 Å². The second-order valence-electron chi connectivity index (χ2n) is 3.35. The molecule has 0 unspecified atom stereocenters. The Hall–Kier alpha value is -1.20. The highest BCUT2D eigenvalue weighted by Gasteiger charge is 2.31. The van der Waals surface area contributed by atoms with Crippen molar-refractivity contribution in [1.82, 2.24) is 0 Å². The third-order valence-corrected chi connectivity index (χ3v) is 3.58. The predicted molar refractivity (Wildman–Crippen MR) is 66.5 cm³/mol. The number of esters is 1. The van der Waals surface area contributed by atoms with Gasteiger partial charge in [0.2, 0.25) is 0 Å². The number of halogens is 4. The monoisotopic (exact) mass is 353 g/mol. The summed E-state index contributed by atoms with van der Waals surface area (Å²) in [5, 5.41) is 8.75. The highest BCUT2D eigenvalue weighted by Crippen LogP contribution is 2.41. The van der Waals surface area contributed by atoms with Gasteiger partial charge in [0, 0.05) is 9.37 Å². The zero-order valence-corrected chi connectivity index (χ0v) is 11.9. The molecule has 0 N–H and O–H groups in total. The number of nitrogens with zero attached hydrogens (tertiary/aromatic N) is 1. The highest BCUT2D eigenvalue weighted by molar-refractivity contribution is 9.10. The minimum atomic E-state index is -4.50. The smallest absolute Gasteiger partial charge is 0.446 e. The maximum Gasteiger partial charge on any atom is 0.446 e. The van der Waals surface area contributed by atoms with Gasteiger partial charge in [-0.1, -0.05) is 15.9 Å². The van der Waals surface area contributed by atoms with E-state index in [9.17, 15) is 18.0 Å². The Balaban J connectivity index is 3.26. The Morgan fingerprint density at radius 2 is 2.16 bits per heavy atom. The van der Waals surface area contributed by atoms with E-state index in [1.807, 2.05) is 0 Å². The quantitative estimate of drug-likeness (QED) is 0.614. The van der Waals surface area contributed by atoms with E-state index in [-0.39, 0.29) is 38.7 Å². The second-order valence-corrected chi connectivity index (χ2v) is 5.31. The fourth-order valence-corrected chi connectivity index (χ4v) is 2.75. The molecule has 0 saturated carbocycles. The van der Waals surface area contributed by atoms with E-state index < -0.39 is 11.5 Å². The number of carbonyl (C=O) groups excluding carboxylic acids is 1. The molecule has 1 aromatic carbocycles. The maximum atomic E-state index is 12.5. The van der Waals surface area contributed by atoms with Crippen molar-refractivity contribution in [3.8, 4) is 6.07 Å². The molecule has 1 aromatic rings. The van der Waals surface area contributed by atoms with Crippen LogP contribution in [-0.2, 0) is 16.0 Å². The van der Waals surface area contributed by atoms with E-state index in [0.29, 0.717) is 0 Å². The molecule has 3 nitrogen and oxygen atoms in total. The zero-order valence-electron chi connectivity index (χ0n) is 9.55. The van der Waals surface area contributed by atoms with Gasteiger partial charge in [0.1, 0.15) is 0 Å². The van der Waals surface area contributed by atoms with Crippen molar-refractivity contribution in [1.29, 1.82) is 5.26 Å². The summed E-state index contributed by atoms with van der Waals surface area (Å²) in [5.74, 6) is -0.658. The molecule has 0 aliphatic carbocycles. The summed E-state index contributed by atoms with van der Waals surface area (Å²) in [4.78, 5) is 11.0. The van der Waals surface area contributed by atoms with Crippen LogP contribution in [0, 0.1) is 11.3 Å². The third-order valence-electron chi connectivity index (χ3n) is 2.06. The first-order valence-electron chi connectivity index (χ1n) is 4.82. The molecule has 0 bridgehead atoms. The molecule has 0 heterocycles. The molecule has 0 saturated heterocycles. The maximum absolute atomic E-state index is 12.5. The Morgan fingerprint density at radius 3 is 2.63 bits per heavy atom. The van der Waals surface area contributed by atoms with Crippen molar-refractivity contribution in [2.75, 3.05) is 7.11 Å². The second kappa shape index (κ2) is 6.30. The van der Waals surface area contributed by atoms with Crippen molar-refractivity contribution in [3.63, 3.8) is 0 Å². The summed E-state index contributed by atoms with van der Waals surface area (Å²) in [6.45, 7) is 0. The summed E-state index contributed by atoms with van der Waals surface area (Å²) in [5.41, 5.74) is -4.28. The van der Waals surface area contributed by atoms with Crippen molar-refractivity contribution in [2.45, 2.75) is 16.8 Å². The third kappa shape index (κ3) is 4.76. The minimum absolute atomic E-state index is 0.0761. The van der Waals surface area contributed by atoms with E-state index in [1.165, 1.54) is 6.07 Å². The summed E-state index contributed by atoms with van der Waals surface area (Å²) in [6, 6.07) is 4.22. The van der Waals surface area contributed by atoms with Crippen molar-refractivity contribution < 1.29 is 22.7 Å². The van der Waals surface area contributed by atoms with Crippen LogP contribution in [0.1, 0.15) is 11.1 Å². The normalized spacial score (nSPS) is 10.9. The zero-order chi connectivity index (χ0) is 14.6. The molecule has 0 aliphatic heterocycles. The standard InChI is InChI=1S/C11H7BrF3NO2S/c1-18-10(17)4-7-8(12)2-6(5-16)3-9(7)19-11(13,14)15/h2-3H,4H2,1H3. The number of carbonyl (C=O) groups is 1. The molecule has 0 aromatic heterocycles. The van der Waals surface area contributed by atoms with Crippen LogP contribution in [0.15, 0.2) is 21.5 Å². The molecule has 19 heavy (non-hydrogen) atoms. The highest BCUT2D eigenvalue weighted by atomic mass is 79.9. The average Bonchev–Trinajstić information content (AvgIpc) is 2.30. The number of hydrogen-bond acceptors (Lipinski definition) is 4. The number of thioether (sulfide) groups is 1. The number of methoxy groups -OCH3 is 1. The van der Waals surface area contributed by atoms with Crippen LogP contribution in [0.2, 0.25) is 0 Å². The van der Waals surface area contributed by atoms with Gasteiger partial charge < -0.3 is 4.74 Å². The fraction of sp³-hybridized carbons (Fsp3) is 0.273. The number of benzene rings is 1. The number of rotatable bonds is 3. The molecule has 1 rings (SSSR count). The molecule has 0 amide bonds.